The molecule has 0 bridgehead atoms. The molecule has 0 aliphatic carbocycles. The fourth-order valence-electron chi connectivity index (χ4n) is 4.13. The smallest absolute Gasteiger partial charge is 0.481 e. The number of piperidine rings is 1. The van der Waals surface area contributed by atoms with Crippen LogP contribution in [0.3, 0.4) is 0 Å². The van der Waals surface area contributed by atoms with Crippen LogP contribution in [0.25, 0.3) is 0 Å². The van der Waals surface area contributed by atoms with E-state index in [4.69, 9.17) is 15.0 Å². The monoisotopic (exact) mass is 592 g/mol. The van der Waals surface area contributed by atoms with Gasteiger partial charge in [-0.1, -0.05) is 30.3 Å². The van der Waals surface area contributed by atoms with Crippen molar-refractivity contribution in [3.63, 3.8) is 0 Å². The summed E-state index contributed by atoms with van der Waals surface area (Å²) in [4.78, 5) is 82.6. The van der Waals surface area contributed by atoms with E-state index >= 15 is 0 Å². The van der Waals surface area contributed by atoms with Crippen LogP contribution in [0.2, 0.25) is 0 Å². The van der Waals surface area contributed by atoms with E-state index in [0.717, 1.165) is 10.5 Å². The lowest BCUT2D eigenvalue weighted by Gasteiger charge is -2.27. The zero-order valence-corrected chi connectivity index (χ0v) is 21.5. The van der Waals surface area contributed by atoms with Crippen LogP contribution < -0.4 is 16.0 Å². The van der Waals surface area contributed by atoms with Crippen LogP contribution in [0.5, 0.6) is 0 Å². The van der Waals surface area contributed by atoms with Crippen LogP contribution in [0.4, 0.5) is 18.9 Å². The first-order valence-electron chi connectivity index (χ1n) is 12.1. The number of aliphatic carboxylic acids is 2. The number of anilines is 1. The lowest BCUT2D eigenvalue weighted by molar-refractivity contribution is -0.192. The second-order valence-electron chi connectivity index (χ2n) is 9.00. The molecule has 1 unspecified atom stereocenters. The van der Waals surface area contributed by atoms with Gasteiger partial charge in [-0.3, -0.25) is 39.0 Å². The summed E-state index contributed by atoms with van der Waals surface area (Å²) >= 11 is 0. The van der Waals surface area contributed by atoms with Gasteiger partial charge in [-0.15, -0.1) is 0 Å². The van der Waals surface area contributed by atoms with E-state index in [-0.39, 0.29) is 55.1 Å². The number of fused-ring (bicyclic) bond motifs is 1. The Morgan fingerprint density at radius 2 is 1.62 bits per heavy atom. The number of halogens is 3. The Morgan fingerprint density at radius 3 is 2.24 bits per heavy atom. The van der Waals surface area contributed by atoms with Crippen molar-refractivity contribution in [3.05, 3.63) is 64.7 Å². The summed E-state index contributed by atoms with van der Waals surface area (Å²) in [7, 11) is 0. The average molecular weight is 592 g/mol. The minimum absolute atomic E-state index is 0.0221. The molecule has 222 valence electrons. The topological polar surface area (TPSA) is 199 Å². The molecule has 5 amide bonds. The minimum atomic E-state index is -5.08. The standard InChI is InChI=1S/C24H22N4O7.C2HF3O2/c29-18-8-7-17(22(33)27-18)28-23(34)15-5-2-6-16(21(15)24(28)35)25-12-19(30)26-11-14-4-1-3-13(9-14)10-20(31)32;3-2(4,5)1(6)7/h1-6,9,17,25H,7-8,10-12H2,(H,26,30)(H,31,32)(H,27,29,33);(H,6,7). The quantitative estimate of drug-likeness (QED) is 0.276. The SMILES string of the molecule is O=C(O)C(F)(F)F.O=C(O)Cc1cccc(CNC(=O)CNc2cccc3c2C(=O)N(C2CCC(=O)NC2=O)C3=O)c1. The lowest BCUT2D eigenvalue weighted by Crippen LogP contribution is -2.54. The Balaban J connectivity index is 0.000000616. The van der Waals surface area contributed by atoms with E-state index in [0.29, 0.717) is 5.56 Å². The summed E-state index contributed by atoms with van der Waals surface area (Å²) in [5.41, 5.74) is 1.80. The van der Waals surface area contributed by atoms with Gasteiger partial charge in [-0.05, 0) is 29.7 Å². The highest BCUT2D eigenvalue weighted by atomic mass is 19.4. The van der Waals surface area contributed by atoms with E-state index in [1.54, 1.807) is 36.4 Å². The van der Waals surface area contributed by atoms with Gasteiger partial charge >= 0.3 is 18.1 Å². The van der Waals surface area contributed by atoms with Gasteiger partial charge in [0.2, 0.25) is 17.7 Å². The molecule has 0 saturated carbocycles. The number of carboxylic acids is 2. The molecule has 13 nitrogen and oxygen atoms in total. The number of alkyl halides is 3. The molecule has 0 spiro atoms. The molecule has 0 aromatic heterocycles. The van der Waals surface area contributed by atoms with Crippen LogP contribution in [0.1, 0.15) is 44.7 Å². The van der Waals surface area contributed by atoms with Gasteiger partial charge in [0.15, 0.2) is 0 Å². The van der Waals surface area contributed by atoms with Gasteiger partial charge < -0.3 is 20.8 Å². The Bertz CT molecular complexity index is 1460. The molecule has 2 heterocycles. The fourth-order valence-corrected chi connectivity index (χ4v) is 4.13. The van der Waals surface area contributed by atoms with E-state index in [1.807, 2.05) is 0 Å². The first-order chi connectivity index (χ1) is 19.7. The van der Waals surface area contributed by atoms with E-state index in [9.17, 15) is 41.9 Å². The summed E-state index contributed by atoms with van der Waals surface area (Å²) in [5.74, 6) is -6.54. The van der Waals surface area contributed by atoms with Crippen LogP contribution in [-0.2, 0) is 36.9 Å². The normalized spacial score (nSPS) is 16.2. The number of nitrogens with zero attached hydrogens (tertiary/aromatic N) is 1. The number of carboxylic acid groups (broad SMARTS) is 2. The molecule has 1 saturated heterocycles. The zero-order valence-electron chi connectivity index (χ0n) is 21.5. The molecule has 2 aliphatic rings. The molecule has 2 aliphatic heterocycles. The summed E-state index contributed by atoms with van der Waals surface area (Å²) in [6.45, 7) is -0.00721. The number of nitrogens with one attached hydrogen (secondary N) is 3. The molecule has 42 heavy (non-hydrogen) atoms. The number of hydrogen-bond donors (Lipinski definition) is 5. The third-order valence-electron chi connectivity index (χ3n) is 5.99. The highest BCUT2D eigenvalue weighted by Crippen LogP contribution is 2.32. The molecular formula is C26H23F3N4O9. The highest BCUT2D eigenvalue weighted by molar-refractivity contribution is 6.25. The summed E-state index contributed by atoms with van der Waals surface area (Å²) in [6, 6.07) is 10.4. The third-order valence-corrected chi connectivity index (χ3v) is 5.99. The van der Waals surface area contributed by atoms with Gasteiger partial charge in [-0.2, -0.15) is 13.2 Å². The van der Waals surface area contributed by atoms with Crippen molar-refractivity contribution in [1.82, 2.24) is 15.5 Å². The maximum absolute atomic E-state index is 13.1. The number of hydrogen-bond acceptors (Lipinski definition) is 8. The third kappa shape index (κ3) is 7.67. The van der Waals surface area contributed by atoms with Crippen molar-refractivity contribution in [1.29, 1.82) is 0 Å². The summed E-state index contributed by atoms with van der Waals surface area (Å²) in [5, 5.41) is 23.8. The Morgan fingerprint density at radius 1 is 0.976 bits per heavy atom. The molecule has 4 rings (SSSR count). The number of carbonyl (C=O) groups is 7. The number of rotatable bonds is 8. The number of imide groups is 2. The van der Waals surface area contributed by atoms with E-state index < -0.39 is 47.8 Å². The predicted octanol–water partition coefficient (Wildman–Crippen LogP) is 1.08. The van der Waals surface area contributed by atoms with Gasteiger partial charge in [0.1, 0.15) is 6.04 Å². The molecule has 5 N–H and O–H groups in total. The molecule has 2 aromatic carbocycles. The summed E-state index contributed by atoms with van der Waals surface area (Å²) in [6.07, 6.45) is -5.13. The van der Waals surface area contributed by atoms with Crippen LogP contribution in [0, 0.1) is 0 Å². The van der Waals surface area contributed by atoms with Gasteiger partial charge in [0.05, 0.1) is 24.1 Å². The Labute approximate surface area is 234 Å². The van der Waals surface area contributed by atoms with Crippen molar-refractivity contribution in [2.75, 3.05) is 11.9 Å². The van der Waals surface area contributed by atoms with Crippen LogP contribution in [0.15, 0.2) is 42.5 Å². The average Bonchev–Trinajstić information content (AvgIpc) is 3.16. The minimum Gasteiger partial charge on any atom is -0.481 e. The molecule has 2 aromatic rings. The first-order valence-corrected chi connectivity index (χ1v) is 12.1. The second-order valence-corrected chi connectivity index (χ2v) is 9.00. The van der Waals surface area contributed by atoms with Crippen molar-refractivity contribution in [2.24, 2.45) is 0 Å². The summed E-state index contributed by atoms with van der Waals surface area (Å²) < 4.78 is 31.7. The Kier molecular flexibility index (Phi) is 9.62. The second kappa shape index (κ2) is 12.9. The van der Waals surface area contributed by atoms with E-state index in [2.05, 4.69) is 16.0 Å². The predicted molar refractivity (Wildman–Crippen MR) is 135 cm³/mol. The van der Waals surface area contributed by atoms with E-state index in [1.165, 1.54) is 6.07 Å². The lowest BCUT2D eigenvalue weighted by atomic mass is 10.0. The molecular weight excluding hydrogens is 569 g/mol. The van der Waals surface area contributed by atoms with Crippen molar-refractivity contribution in [3.8, 4) is 0 Å². The molecule has 16 heteroatoms. The van der Waals surface area contributed by atoms with Crippen molar-refractivity contribution >= 4 is 47.2 Å². The first kappa shape index (κ1) is 31.3. The van der Waals surface area contributed by atoms with Gasteiger partial charge in [0.25, 0.3) is 11.8 Å². The fraction of sp³-hybridized carbons (Fsp3) is 0.269. The van der Waals surface area contributed by atoms with Crippen molar-refractivity contribution in [2.45, 2.75) is 38.0 Å². The van der Waals surface area contributed by atoms with Crippen LogP contribution >= 0.6 is 0 Å². The highest BCUT2D eigenvalue weighted by Gasteiger charge is 2.45. The maximum atomic E-state index is 13.1. The maximum Gasteiger partial charge on any atom is 0.490 e. The number of benzene rings is 2. The van der Waals surface area contributed by atoms with Crippen molar-refractivity contribution < 1.29 is 56.9 Å². The number of carbonyl (C=O) groups excluding carboxylic acids is 5. The molecule has 1 fully saturated rings. The zero-order chi connectivity index (χ0) is 31.2. The molecule has 1 atom stereocenters. The van der Waals surface area contributed by atoms with Crippen LogP contribution in [-0.4, -0.2) is 75.4 Å². The number of amides is 5. The Hall–Kier alpha value is -5.28. The molecule has 0 radical (unpaired) electrons. The van der Waals surface area contributed by atoms with Gasteiger partial charge in [0, 0.05) is 18.7 Å². The van der Waals surface area contributed by atoms with Gasteiger partial charge in [-0.25, -0.2) is 4.79 Å². The largest absolute Gasteiger partial charge is 0.490 e.